The fourth-order valence-electron chi connectivity index (χ4n) is 4.04. The summed E-state index contributed by atoms with van der Waals surface area (Å²) in [6.07, 6.45) is 3.60. The summed E-state index contributed by atoms with van der Waals surface area (Å²) in [5.74, 6) is 1.15. The van der Waals surface area contributed by atoms with Crippen molar-refractivity contribution in [2.24, 2.45) is 0 Å². The molecule has 3 nitrogen and oxygen atoms in total. The van der Waals surface area contributed by atoms with Crippen molar-refractivity contribution in [1.29, 1.82) is 0 Å². The zero-order chi connectivity index (χ0) is 17.7. The first-order valence-corrected chi connectivity index (χ1v) is 9.17. The monoisotopic (exact) mass is 337 g/mol. The summed E-state index contributed by atoms with van der Waals surface area (Å²) in [5, 5.41) is 0. The van der Waals surface area contributed by atoms with Crippen LogP contribution < -0.4 is 4.74 Å². The van der Waals surface area contributed by atoms with Crippen LogP contribution in [0.2, 0.25) is 0 Å². The van der Waals surface area contributed by atoms with E-state index in [2.05, 4.69) is 42.2 Å². The summed E-state index contributed by atoms with van der Waals surface area (Å²) in [4.78, 5) is 15.6. The Balaban J connectivity index is 2.04. The molecule has 0 radical (unpaired) electrons. The Morgan fingerprint density at radius 3 is 2.56 bits per heavy atom. The first-order valence-electron chi connectivity index (χ1n) is 9.17. The van der Waals surface area contributed by atoms with E-state index in [4.69, 9.17) is 4.74 Å². The van der Waals surface area contributed by atoms with Crippen LogP contribution in [0.4, 0.5) is 0 Å². The molecule has 0 aromatic heterocycles. The second kappa shape index (κ2) is 7.83. The number of hydrogen-bond donors (Lipinski definition) is 0. The van der Waals surface area contributed by atoms with Gasteiger partial charge < -0.3 is 4.74 Å². The number of ketones is 1. The molecule has 2 aromatic carbocycles. The molecule has 1 aliphatic carbocycles. The quantitative estimate of drug-likeness (QED) is 0.774. The number of Topliss-reactive ketones (excluding diaryl/α,β-unsaturated/α-hetero) is 1. The maximum absolute atomic E-state index is 13.2. The average molecular weight is 337 g/mol. The smallest absolute Gasteiger partial charge is 0.157 e. The highest BCUT2D eigenvalue weighted by molar-refractivity contribution is 5.90. The van der Waals surface area contributed by atoms with E-state index in [1.54, 1.807) is 7.11 Å². The van der Waals surface area contributed by atoms with Gasteiger partial charge in [0.25, 0.3) is 0 Å². The Kier molecular flexibility index (Phi) is 5.54. The Morgan fingerprint density at radius 1 is 1.08 bits per heavy atom. The van der Waals surface area contributed by atoms with Crippen LogP contribution in [0.15, 0.2) is 54.6 Å². The number of rotatable bonds is 6. The molecule has 1 atom stereocenters. The van der Waals surface area contributed by atoms with Gasteiger partial charge in [-0.2, -0.15) is 0 Å². The Labute approximate surface area is 150 Å². The number of benzene rings is 2. The van der Waals surface area contributed by atoms with Gasteiger partial charge in [0, 0.05) is 13.0 Å². The summed E-state index contributed by atoms with van der Waals surface area (Å²) in [6, 6.07) is 18.5. The van der Waals surface area contributed by atoms with Crippen LogP contribution in [0.25, 0.3) is 0 Å². The molecule has 1 unspecified atom stereocenters. The normalized spacial score (nSPS) is 20.7. The summed E-state index contributed by atoms with van der Waals surface area (Å²) in [6.45, 7) is 3.75. The van der Waals surface area contributed by atoms with Crippen LogP contribution in [-0.2, 0) is 16.9 Å². The van der Waals surface area contributed by atoms with Gasteiger partial charge in [-0.3, -0.25) is 9.69 Å². The van der Waals surface area contributed by atoms with E-state index >= 15 is 0 Å². The fourth-order valence-corrected chi connectivity index (χ4v) is 4.04. The summed E-state index contributed by atoms with van der Waals surface area (Å²) in [7, 11) is 1.68. The molecule has 3 rings (SSSR count). The molecule has 2 aromatic rings. The van der Waals surface area contributed by atoms with E-state index < -0.39 is 5.54 Å². The zero-order valence-electron chi connectivity index (χ0n) is 15.2. The molecule has 1 aliphatic rings. The van der Waals surface area contributed by atoms with Crippen molar-refractivity contribution in [1.82, 2.24) is 4.90 Å². The lowest BCUT2D eigenvalue weighted by molar-refractivity contribution is -0.135. The Hall–Kier alpha value is -2.13. The number of methoxy groups -OCH3 is 1. The molecule has 0 bridgehead atoms. The molecule has 0 heterocycles. The van der Waals surface area contributed by atoms with E-state index in [-0.39, 0.29) is 0 Å². The van der Waals surface area contributed by atoms with Gasteiger partial charge in [-0.25, -0.2) is 0 Å². The van der Waals surface area contributed by atoms with Crippen molar-refractivity contribution in [2.75, 3.05) is 13.7 Å². The largest absolute Gasteiger partial charge is 0.497 e. The van der Waals surface area contributed by atoms with Crippen molar-refractivity contribution < 1.29 is 9.53 Å². The molecule has 3 heteroatoms. The summed E-state index contributed by atoms with van der Waals surface area (Å²) < 4.78 is 5.43. The number of ether oxygens (including phenoxy) is 1. The number of nitrogens with zero attached hydrogens (tertiary/aromatic N) is 1. The van der Waals surface area contributed by atoms with Crippen LogP contribution in [-0.4, -0.2) is 24.3 Å². The van der Waals surface area contributed by atoms with Crippen molar-refractivity contribution in [2.45, 2.75) is 44.7 Å². The highest BCUT2D eigenvalue weighted by atomic mass is 16.5. The van der Waals surface area contributed by atoms with Crippen LogP contribution >= 0.6 is 0 Å². The van der Waals surface area contributed by atoms with Crippen molar-refractivity contribution in [3.8, 4) is 5.75 Å². The van der Waals surface area contributed by atoms with Crippen LogP contribution in [0.1, 0.15) is 43.7 Å². The van der Waals surface area contributed by atoms with Gasteiger partial charge >= 0.3 is 0 Å². The van der Waals surface area contributed by atoms with Crippen molar-refractivity contribution >= 4 is 5.78 Å². The van der Waals surface area contributed by atoms with E-state index in [1.807, 2.05) is 24.3 Å². The van der Waals surface area contributed by atoms with Gasteiger partial charge in [-0.1, -0.05) is 55.8 Å². The number of carbonyl (C=O) groups excluding carboxylic acids is 1. The topological polar surface area (TPSA) is 29.5 Å². The molecule has 0 aliphatic heterocycles. The van der Waals surface area contributed by atoms with Crippen LogP contribution in [0, 0.1) is 0 Å². The van der Waals surface area contributed by atoms with Gasteiger partial charge in [-0.15, -0.1) is 0 Å². The third kappa shape index (κ3) is 3.47. The van der Waals surface area contributed by atoms with Gasteiger partial charge in [0.2, 0.25) is 0 Å². The molecule has 25 heavy (non-hydrogen) atoms. The number of likely N-dealkylation sites (N-methyl/N-ethyl adjacent to an activating group) is 1. The second-order valence-corrected chi connectivity index (χ2v) is 6.72. The molecular weight excluding hydrogens is 310 g/mol. The molecule has 1 fully saturated rings. The van der Waals surface area contributed by atoms with Gasteiger partial charge in [-0.05, 0) is 42.6 Å². The molecule has 1 saturated carbocycles. The summed E-state index contributed by atoms with van der Waals surface area (Å²) in [5.41, 5.74) is 1.76. The standard InChI is InChI=1S/C22H27NO2/c1-3-23(17-18-10-5-4-6-11-18)22(15-8-7-14-21(22)24)19-12-9-13-20(16-19)25-2/h4-6,9-13,16H,3,7-8,14-15,17H2,1-2H3. The minimum atomic E-state index is -0.544. The zero-order valence-corrected chi connectivity index (χ0v) is 15.2. The Morgan fingerprint density at radius 2 is 1.88 bits per heavy atom. The van der Waals surface area contributed by atoms with E-state index in [0.717, 1.165) is 43.7 Å². The highest BCUT2D eigenvalue weighted by Crippen LogP contribution is 2.41. The Bertz CT molecular complexity index is 713. The predicted molar refractivity (Wildman–Crippen MR) is 101 cm³/mol. The summed E-state index contributed by atoms with van der Waals surface area (Å²) >= 11 is 0. The number of hydrogen-bond acceptors (Lipinski definition) is 3. The SMILES string of the molecule is CCN(Cc1ccccc1)C1(c2cccc(OC)c2)CCCCC1=O. The van der Waals surface area contributed by atoms with E-state index in [9.17, 15) is 4.79 Å². The lowest BCUT2D eigenvalue weighted by atomic mass is 9.74. The van der Waals surface area contributed by atoms with Gasteiger partial charge in [0.05, 0.1) is 7.11 Å². The van der Waals surface area contributed by atoms with Crippen LogP contribution in [0.3, 0.4) is 0 Å². The van der Waals surface area contributed by atoms with Gasteiger partial charge in [0.15, 0.2) is 5.78 Å². The first-order chi connectivity index (χ1) is 12.2. The first kappa shape index (κ1) is 17.7. The van der Waals surface area contributed by atoms with Crippen molar-refractivity contribution in [3.05, 3.63) is 65.7 Å². The van der Waals surface area contributed by atoms with E-state index in [0.29, 0.717) is 12.2 Å². The highest BCUT2D eigenvalue weighted by Gasteiger charge is 2.45. The fraction of sp³-hybridized carbons (Fsp3) is 0.409. The maximum Gasteiger partial charge on any atom is 0.157 e. The molecule has 0 N–H and O–H groups in total. The third-order valence-electron chi connectivity index (χ3n) is 5.34. The minimum Gasteiger partial charge on any atom is -0.497 e. The maximum atomic E-state index is 13.2. The lowest BCUT2D eigenvalue weighted by Crippen LogP contribution is -2.53. The molecule has 0 amide bonds. The second-order valence-electron chi connectivity index (χ2n) is 6.72. The molecule has 132 valence electrons. The van der Waals surface area contributed by atoms with Gasteiger partial charge in [0.1, 0.15) is 11.3 Å². The molecular formula is C22H27NO2. The molecule has 0 saturated heterocycles. The van der Waals surface area contributed by atoms with E-state index in [1.165, 1.54) is 5.56 Å². The predicted octanol–water partition coefficient (Wildman–Crippen LogP) is 4.56. The molecule has 0 spiro atoms. The lowest BCUT2D eigenvalue weighted by Gasteiger charge is -2.45. The third-order valence-corrected chi connectivity index (χ3v) is 5.34. The minimum absolute atomic E-state index is 0.338. The van der Waals surface area contributed by atoms with Crippen molar-refractivity contribution in [3.63, 3.8) is 0 Å². The number of carbonyl (C=O) groups is 1. The van der Waals surface area contributed by atoms with Crippen LogP contribution in [0.5, 0.6) is 5.75 Å². The average Bonchev–Trinajstić information content (AvgIpc) is 2.67.